The number of hydrogen-bond donors (Lipinski definition) is 2. The predicted octanol–water partition coefficient (Wildman–Crippen LogP) is 2.44. The standard InChI is InChI=1S/C14H15N3O2/c18-13(19)14(7-3-4-8-14)16-12-9-15-17-11-6-2-1-5-10(11)12/h1-2,5-6,9H,3-4,7-8H2,(H,16,17)(H,18,19). The van der Waals surface area contributed by atoms with Crippen LogP contribution in [0.3, 0.4) is 0 Å². The number of anilines is 1. The zero-order valence-electron chi connectivity index (χ0n) is 10.5. The van der Waals surface area contributed by atoms with Gasteiger partial charge in [0, 0.05) is 5.39 Å². The fourth-order valence-electron chi connectivity index (χ4n) is 2.74. The van der Waals surface area contributed by atoms with Gasteiger partial charge in [0.1, 0.15) is 5.54 Å². The first-order valence-electron chi connectivity index (χ1n) is 6.43. The minimum Gasteiger partial charge on any atom is -0.480 e. The molecule has 0 bridgehead atoms. The van der Waals surface area contributed by atoms with Gasteiger partial charge in [-0.1, -0.05) is 31.0 Å². The molecule has 0 unspecified atom stereocenters. The van der Waals surface area contributed by atoms with Crippen LogP contribution in [0, 0.1) is 0 Å². The van der Waals surface area contributed by atoms with Crippen molar-refractivity contribution < 1.29 is 9.90 Å². The van der Waals surface area contributed by atoms with Gasteiger partial charge in [0.05, 0.1) is 17.4 Å². The third-order valence-corrected chi connectivity index (χ3v) is 3.79. The second kappa shape index (κ2) is 4.50. The Morgan fingerprint density at radius 1 is 1.26 bits per heavy atom. The van der Waals surface area contributed by atoms with Gasteiger partial charge in [0.2, 0.25) is 0 Å². The van der Waals surface area contributed by atoms with Gasteiger partial charge >= 0.3 is 5.97 Å². The van der Waals surface area contributed by atoms with Crippen molar-refractivity contribution in [1.29, 1.82) is 0 Å². The summed E-state index contributed by atoms with van der Waals surface area (Å²) in [5.41, 5.74) is 0.659. The molecule has 0 aliphatic heterocycles. The molecule has 0 atom stereocenters. The van der Waals surface area contributed by atoms with Crippen LogP contribution in [0.5, 0.6) is 0 Å². The number of carboxylic acids is 1. The van der Waals surface area contributed by atoms with Crippen LogP contribution in [0.1, 0.15) is 25.7 Å². The Kier molecular flexibility index (Phi) is 2.81. The van der Waals surface area contributed by atoms with E-state index in [1.807, 2.05) is 24.3 Å². The lowest BCUT2D eigenvalue weighted by atomic mass is 9.97. The molecule has 1 aromatic carbocycles. The first-order chi connectivity index (χ1) is 9.21. The molecule has 1 saturated carbocycles. The third-order valence-electron chi connectivity index (χ3n) is 3.79. The number of fused-ring (bicyclic) bond motifs is 1. The molecule has 1 fully saturated rings. The number of benzene rings is 1. The number of hydrogen-bond acceptors (Lipinski definition) is 4. The molecule has 1 heterocycles. The van der Waals surface area contributed by atoms with Crippen molar-refractivity contribution in [3.63, 3.8) is 0 Å². The van der Waals surface area contributed by atoms with Gasteiger partial charge < -0.3 is 10.4 Å². The van der Waals surface area contributed by atoms with Crippen molar-refractivity contribution in [3.05, 3.63) is 30.5 Å². The van der Waals surface area contributed by atoms with Crippen LogP contribution in [-0.4, -0.2) is 26.8 Å². The summed E-state index contributed by atoms with van der Waals surface area (Å²) in [7, 11) is 0. The van der Waals surface area contributed by atoms with Gasteiger partial charge in [-0.25, -0.2) is 4.79 Å². The highest BCUT2D eigenvalue weighted by Gasteiger charge is 2.41. The number of aliphatic carboxylic acids is 1. The number of aromatic nitrogens is 2. The minimum atomic E-state index is -0.855. The molecule has 0 amide bonds. The van der Waals surface area contributed by atoms with Crippen molar-refractivity contribution in [2.24, 2.45) is 0 Å². The molecule has 2 aromatic rings. The molecular weight excluding hydrogens is 242 g/mol. The molecule has 3 rings (SSSR count). The van der Waals surface area contributed by atoms with Crippen LogP contribution in [0.15, 0.2) is 30.5 Å². The topological polar surface area (TPSA) is 75.1 Å². The van der Waals surface area contributed by atoms with Crippen molar-refractivity contribution in [2.75, 3.05) is 5.32 Å². The Morgan fingerprint density at radius 3 is 2.74 bits per heavy atom. The molecular formula is C14H15N3O2. The maximum Gasteiger partial charge on any atom is 0.329 e. The molecule has 1 aliphatic carbocycles. The van der Waals surface area contributed by atoms with E-state index in [9.17, 15) is 9.90 Å². The van der Waals surface area contributed by atoms with E-state index in [0.717, 1.165) is 29.4 Å². The Balaban J connectivity index is 2.03. The normalized spacial score (nSPS) is 17.5. The number of carbonyl (C=O) groups is 1. The Morgan fingerprint density at radius 2 is 2.00 bits per heavy atom. The SMILES string of the molecule is O=C(O)C1(Nc2cnnc3ccccc23)CCCC1. The Bertz CT molecular complexity index is 616. The number of rotatable bonds is 3. The maximum atomic E-state index is 11.6. The molecule has 5 nitrogen and oxygen atoms in total. The average molecular weight is 257 g/mol. The van der Waals surface area contributed by atoms with Crippen LogP contribution in [0.4, 0.5) is 5.69 Å². The van der Waals surface area contributed by atoms with E-state index in [1.165, 1.54) is 0 Å². The van der Waals surface area contributed by atoms with Gasteiger partial charge in [-0.2, -0.15) is 10.2 Å². The van der Waals surface area contributed by atoms with Gasteiger partial charge in [0.15, 0.2) is 0 Å². The van der Waals surface area contributed by atoms with Crippen LogP contribution in [0.25, 0.3) is 10.9 Å². The summed E-state index contributed by atoms with van der Waals surface area (Å²) >= 11 is 0. The van der Waals surface area contributed by atoms with Gasteiger partial charge in [-0.05, 0) is 18.9 Å². The quantitative estimate of drug-likeness (QED) is 0.883. The van der Waals surface area contributed by atoms with Crippen LogP contribution in [-0.2, 0) is 4.79 Å². The summed E-state index contributed by atoms with van der Waals surface area (Å²) in [6, 6.07) is 7.60. The number of carboxylic acid groups (broad SMARTS) is 1. The van der Waals surface area contributed by atoms with Gasteiger partial charge in [-0.15, -0.1) is 0 Å². The molecule has 5 heteroatoms. The molecule has 98 valence electrons. The average Bonchev–Trinajstić information content (AvgIpc) is 2.89. The Hall–Kier alpha value is -2.17. The van der Waals surface area contributed by atoms with Crippen molar-refractivity contribution >= 4 is 22.6 Å². The lowest BCUT2D eigenvalue weighted by Crippen LogP contribution is -2.43. The largest absolute Gasteiger partial charge is 0.480 e. The molecule has 0 saturated heterocycles. The smallest absolute Gasteiger partial charge is 0.329 e. The maximum absolute atomic E-state index is 11.6. The zero-order valence-corrected chi connectivity index (χ0v) is 10.5. The lowest BCUT2D eigenvalue weighted by molar-refractivity contribution is -0.142. The first-order valence-corrected chi connectivity index (χ1v) is 6.43. The monoisotopic (exact) mass is 257 g/mol. The Labute approximate surface area is 110 Å². The van der Waals surface area contributed by atoms with E-state index < -0.39 is 11.5 Å². The zero-order chi connectivity index (χ0) is 13.3. The highest BCUT2D eigenvalue weighted by Crippen LogP contribution is 2.35. The van der Waals surface area contributed by atoms with Gasteiger partial charge in [0.25, 0.3) is 0 Å². The lowest BCUT2D eigenvalue weighted by Gasteiger charge is -2.26. The van der Waals surface area contributed by atoms with E-state index in [1.54, 1.807) is 6.20 Å². The van der Waals surface area contributed by atoms with E-state index in [-0.39, 0.29) is 0 Å². The summed E-state index contributed by atoms with van der Waals surface area (Å²) in [5, 5.41) is 21.6. The summed E-state index contributed by atoms with van der Waals surface area (Å²) in [6.07, 6.45) is 4.79. The highest BCUT2D eigenvalue weighted by molar-refractivity contribution is 5.93. The number of nitrogens with zero attached hydrogens (tertiary/aromatic N) is 2. The van der Waals surface area contributed by atoms with Crippen molar-refractivity contribution in [3.8, 4) is 0 Å². The van der Waals surface area contributed by atoms with Crippen LogP contribution < -0.4 is 5.32 Å². The van der Waals surface area contributed by atoms with E-state index in [4.69, 9.17) is 0 Å². The summed E-state index contributed by atoms with van der Waals surface area (Å²) in [5.74, 6) is -0.786. The fraction of sp³-hybridized carbons (Fsp3) is 0.357. The summed E-state index contributed by atoms with van der Waals surface area (Å²) < 4.78 is 0. The van der Waals surface area contributed by atoms with E-state index in [0.29, 0.717) is 12.8 Å². The van der Waals surface area contributed by atoms with Gasteiger partial charge in [-0.3, -0.25) is 0 Å². The molecule has 0 radical (unpaired) electrons. The van der Waals surface area contributed by atoms with Crippen LogP contribution in [0.2, 0.25) is 0 Å². The van der Waals surface area contributed by atoms with Crippen molar-refractivity contribution in [1.82, 2.24) is 10.2 Å². The number of nitrogens with one attached hydrogen (secondary N) is 1. The first kappa shape index (κ1) is 11.9. The second-order valence-corrected chi connectivity index (χ2v) is 4.99. The third kappa shape index (κ3) is 2.01. The van der Waals surface area contributed by atoms with E-state index in [2.05, 4.69) is 15.5 Å². The fourth-order valence-corrected chi connectivity index (χ4v) is 2.74. The molecule has 1 aliphatic rings. The molecule has 1 aromatic heterocycles. The van der Waals surface area contributed by atoms with E-state index >= 15 is 0 Å². The summed E-state index contributed by atoms with van der Waals surface area (Å²) in [4.78, 5) is 11.6. The molecule has 0 spiro atoms. The summed E-state index contributed by atoms with van der Waals surface area (Å²) in [6.45, 7) is 0. The molecule has 19 heavy (non-hydrogen) atoms. The highest BCUT2D eigenvalue weighted by atomic mass is 16.4. The predicted molar refractivity (Wildman–Crippen MR) is 72.0 cm³/mol. The molecule has 2 N–H and O–H groups in total. The second-order valence-electron chi connectivity index (χ2n) is 4.99. The van der Waals surface area contributed by atoms with Crippen LogP contribution >= 0.6 is 0 Å². The van der Waals surface area contributed by atoms with Crippen molar-refractivity contribution in [2.45, 2.75) is 31.2 Å². The minimum absolute atomic E-state index is 0.652.